The van der Waals surface area contributed by atoms with Gasteiger partial charge in [-0.2, -0.15) is 0 Å². The molecule has 0 saturated heterocycles. The van der Waals surface area contributed by atoms with Gasteiger partial charge in [-0.3, -0.25) is 0 Å². The van der Waals surface area contributed by atoms with Gasteiger partial charge in [-0.05, 0) is 12.1 Å². The van der Waals surface area contributed by atoms with E-state index in [4.69, 9.17) is 11.6 Å². The van der Waals surface area contributed by atoms with E-state index < -0.39 is 0 Å². The second-order valence-corrected chi connectivity index (χ2v) is 4.37. The van der Waals surface area contributed by atoms with Gasteiger partial charge in [0.15, 0.2) is 0 Å². The van der Waals surface area contributed by atoms with Gasteiger partial charge in [0.1, 0.15) is 10.9 Å². The largest absolute Gasteiger partial charge is 0.506 e. The van der Waals surface area contributed by atoms with Gasteiger partial charge < -0.3 is 15.7 Å². The van der Waals surface area contributed by atoms with E-state index in [-0.39, 0.29) is 5.75 Å². The lowest BCUT2D eigenvalue weighted by Crippen LogP contribution is -2.02. The molecule has 0 fully saturated rings. The first kappa shape index (κ1) is 11.3. The standard InChI is InChI=1S/C12H11ClN4O/c13-11-7-5-14-6-9(7)16-12(17-11)15-8-3-1-2-4-10(8)18/h1-4,14,18H,5-6H2,(H,15,16,17). The second-order valence-electron chi connectivity index (χ2n) is 4.01. The van der Waals surface area contributed by atoms with Crippen LogP contribution in [0.1, 0.15) is 11.3 Å². The second kappa shape index (κ2) is 4.44. The average Bonchev–Trinajstić information content (AvgIpc) is 2.81. The molecule has 0 spiro atoms. The predicted molar refractivity (Wildman–Crippen MR) is 69.0 cm³/mol. The molecule has 0 radical (unpaired) electrons. The molecule has 0 amide bonds. The van der Waals surface area contributed by atoms with Crippen molar-refractivity contribution in [3.05, 3.63) is 40.7 Å². The third-order valence-corrected chi connectivity index (χ3v) is 3.10. The van der Waals surface area contributed by atoms with Gasteiger partial charge >= 0.3 is 0 Å². The molecule has 0 unspecified atom stereocenters. The Labute approximate surface area is 109 Å². The molecule has 1 aliphatic rings. The highest BCUT2D eigenvalue weighted by molar-refractivity contribution is 6.30. The molecule has 1 aliphatic heterocycles. The Bertz CT molecular complexity index is 603. The molecule has 5 nitrogen and oxygen atoms in total. The number of nitrogens with one attached hydrogen (secondary N) is 2. The van der Waals surface area contributed by atoms with Gasteiger partial charge in [0.25, 0.3) is 0 Å². The number of halogens is 1. The number of benzene rings is 1. The lowest BCUT2D eigenvalue weighted by atomic mass is 10.3. The molecule has 92 valence electrons. The van der Waals surface area contributed by atoms with Gasteiger partial charge in [-0.1, -0.05) is 23.7 Å². The summed E-state index contributed by atoms with van der Waals surface area (Å²) < 4.78 is 0. The van der Waals surface area contributed by atoms with Crippen molar-refractivity contribution in [3.8, 4) is 5.75 Å². The topological polar surface area (TPSA) is 70.1 Å². The first-order valence-electron chi connectivity index (χ1n) is 5.55. The zero-order chi connectivity index (χ0) is 12.5. The SMILES string of the molecule is Oc1ccccc1Nc1nc(Cl)c2c(n1)CNC2. The number of para-hydroxylation sites is 2. The monoisotopic (exact) mass is 262 g/mol. The number of hydrogen-bond acceptors (Lipinski definition) is 5. The quantitative estimate of drug-likeness (QED) is 0.572. The third kappa shape index (κ3) is 1.98. The fraction of sp³-hybridized carbons (Fsp3) is 0.167. The van der Waals surface area contributed by atoms with Crippen molar-refractivity contribution in [2.75, 3.05) is 5.32 Å². The Balaban J connectivity index is 1.95. The number of phenols is 1. The summed E-state index contributed by atoms with van der Waals surface area (Å²) in [7, 11) is 0. The van der Waals surface area contributed by atoms with Crippen LogP contribution in [0.2, 0.25) is 5.15 Å². The number of fused-ring (bicyclic) bond motifs is 1. The molecule has 18 heavy (non-hydrogen) atoms. The Hall–Kier alpha value is -1.85. The molecular weight excluding hydrogens is 252 g/mol. The zero-order valence-electron chi connectivity index (χ0n) is 9.44. The number of phenolic OH excluding ortho intramolecular Hbond substituents is 1. The van der Waals surface area contributed by atoms with Crippen LogP contribution in [0.5, 0.6) is 5.75 Å². The normalized spacial score (nSPS) is 13.4. The molecule has 0 aliphatic carbocycles. The van der Waals surface area contributed by atoms with Crippen molar-refractivity contribution < 1.29 is 5.11 Å². The summed E-state index contributed by atoms with van der Waals surface area (Å²) >= 11 is 6.09. The fourth-order valence-corrected chi connectivity index (χ4v) is 2.14. The van der Waals surface area contributed by atoms with E-state index in [1.165, 1.54) is 0 Å². The van der Waals surface area contributed by atoms with Crippen molar-refractivity contribution >= 4 is 23.2 Å². The van der Waals surface area contributed by atoms with E-state index in [1.807, 2.05) is 6.07 Å². The summed E-state index contributed by atoms with van der Waals surface area (Å²) in [4.78, 5) is 8.54. The van der Waals surface area contributed by atoms with Crippen molar-refractivity contribution in [1.29, 1.82) is 0 Å². The van der Waals surface area contributed by atoms with Crippen LogP contribution in [0.15, 0.2) is 24.3 Å². The molecule has 0 saturated carbocycles. The van der Waals surface area contributed by atoms with Crippen LogP contribution in [-0.2, 0) is 13.1 Å². The molecule has 1 aromatic heterocycles. The fourth-order valence-electron chi connectivity index (χ4n) is 1.88. The summed E-state index contributed by atoms with van der Waals surface area (Å²) in [6.07, 6.45) is 0. The van der Waals surface area contributed by atoms with Crippen molar-refractivity contribution in [1.82, 2.24) is 15.3 Å². The minimum atomic E-state index is 0.149. The summed E-state index contributed by atoms with van der Waals surface area (Å²) in [5, 5.41) is 16.2. The van der Waals surface area contributed by atoms with E-state index >= 15 is 0 Å². The van der Waals surface area contributed by atoms with Gasteiger partial charge in [0.2, 0.25) is 5.95 Å². The van der Waals surface area contributed by atoms with Crippen LogP contribution in [0, 0.1) is 0 Å². The molecular formula is C12H11ClN4O. The molecule has 3 N–H and O–H groups in total. The summed E-state index contributed by atoms with van der Waals surface area (Å²) in [5.74, 6) is 0.541. The van der Waals surface area contributed by atoms with Gasteiger partial charge in [-0.15, -0.1) is 0 Å². The predicted octanol–water partition coefficient (Wildman–Crippen LogP) is 2.18. The number of rotatable bonds is 2. The maximum Gasteiger partial charge on any atom is 0.229 e. The van der Waals surface area contributed by atoms with E-state index in [2.05, 4.69) is 20.6 Å². The van der Waals surface area contributed by atoms with Crippen molar-refractivity contribution in [2.24, 2.45) is 0 Å². The highest BCUT2D eigenvalue weighted by Crippen LogP contribution is 2.27. The first-order valence-corrected chi connectivity index (χ1v) is 5.93. The van der Waals surface area contributed by atoms with Crippen LogP contribution in [0.4, 0.5) is 11.6 Å². The molecule has 3 rings (SSSR count). The highest BCUT2D eigenvalue weighted by Gasteiger charge is 2.18. The van der Waals surface area contributed by atoms with Crippen LogP contribution in [0.25, 0.3) is 0 Å². The average molecular weight is 263 g/mol. The summed E-state index contributed by atoms with van der Waals surface area (Å²) in [5.41, 5.74) is 2.40. The Morgan fingerprint density at radius 1 is 1.22 bits per heavy atom. The maximum atomic E-state index is 9.67. The molecule has 1 aromatic carbocycles. The van der Waals surface area contributed by atoms with E-state index in [1.54, 1.807) is 18.2 Å². The molecule has 2 aromatic rings. The smallest absolute Gasteiger partial charge is 0.229 e. The van der Waals surface area contributed by atoms with Crippen molar-refractivity contribution in [3.63, 3.8) is 0 Å². The number of aromatic nitrogens is 2. The lowest BCUT2D eigenvalue weighted by molar-refractivity contribution is 0.477. The maximum absolute atomic E-state index is 9.67. The van der Waals surface area contributed by atoms with E-state index in [9.17, 15) is 5.11 Å². The van der Waals surface area contributed by atoms with Crippen LogP contribution in [0.3, 0.4) is 0 Å². The minimum absolute atomic E-state index is 0.149. The number of aromatic hydroxyl groups is 1. The Kier molecular flexibility index (Phi) is 2.77. The van der Waals surface area contributed by atoms with Crippen LogP contribution in [-0.4, -0.2) is 15.1 Å². The van der Waals surface area contributed by atoms with Crippen molar-refractivity contribution in [2.45, 2.75) is 13.1 Å². The lowest BCUT2D eigenvalue weighted by Gasteiger charge is -2.08. The van der Waals surface area contributed by atoms with Crippen LogP contribution >= 0.6 is 11.6 Å². The molecule has 6 heteroatoms. The van der Waals surface area contributed by atoms with E-state index in [0.29, 0.717) is 29.9 Å². The zero-order valence-corrected chi connectivity index (χ0v) is 10.2. The van der Waals surface area contributed by atoms with Crippen LogP contribution < -0.4 is 10.6 Å². The third-order valence-electron chi connectivity index (χ3n) is 2.79. The Morgan fingerprint density at radius 2 is 2.06 bits per heavy atom. The van der Waals surface area contributed by atoms with Gasteiger partial charge in [0, 0.05) is 18.7 Å². The molecule has 0 atom stereocenters. The van der Waals surface area contributed by atoms with Gasteiger partial charge in [-0.25, -0.2) is 9.97 Å². The Morgan fingerprint density at radius 3 is 2.89 bits per heavy atom. The first-order chi connectivity index (χ1) is 8.74. The summed E-state index contributed by atoms with van der Waals surface area (Å²) in [6, 6.07) is 6.91. The number of nitrogens with zero attached hydrogens (tertiary/aromatic N) is 2. The minimum Gasteiger partial charge on any atom is -0.506 e. The molecule has 0 bridgehead atoms. The summed E-state index contributed by atoms with van der Waals surface area (Å²) in [6.45, 7) is 1.39. The van der Waals surface area contributed by atoms with E-state index in [0.717, 1.165) is 11.3 Å². The number of hydrogen-bond donors (Lipinski definition) is 3. The molecule has 2 heterocycles. The van der Waals surface area contributed by atoms with Gasteiger partial charge in [0.05, 0.1) is 11.4 Å². The number of anilines is 2. The highest BCUT2D eigenvalue weighted by atomic mass is 35.5.